The molecule has 0 saturated carbocycles. The van der Waals surface area contributed by atoms with Crippen LogP contribution in [0.1, 0.15) is 48.2 Å². The molecule has 0 spiro atoms. The molecule has 0 amide bonds. The van der Waals surface area contributed by atoms with Gasteiger partial charge in [-0.1, -0.05) is 60.7 Å². The van der Waals surface area contributed by atoms with E-state index < -0.39 is 0 Å². The fraction of sp³-hybridized carbons (Fsp3) is 0.367. The molecule has 3 N–H and O–H groups in total. The first kappa shape index (κ1) is 24.5. The third-order valence-electron chi connectivity index (χ3n) is 7.28. The number of likely N-dealkylation sites (tertiary alicyclic amines) is 1. The van der Waals surface area contributed by atoms with Gasteiger partial charge in [0.05, 0.1) is 19.1 Å². The molecule has 3 aromatic carbocycles. The van der Waals surface area contributed by atoms with Crippen molar-refractivity contribution in [2.75, 3.05) is 26.7 Å². The molecule has 0 aliphatic carbocycles. The molecule has 1 aliphatic heterocycles. The van der Waals surface area contributed by atoms with E-state index in [1.54, 1.807) is 7.11 Å². The van der Waals surface area contributed by atoms with Gasteiger partial charge in [0.2, 0.25) is 0 Å². The number of fused-ring (bicyclic) bond motifs is 1. The summed E-state index contributed by atoms with van der Waals surface area (Å²) in [5, 5.41) is 3.93. The van der Waals surface area contributed by atoms with Crippen LogP contribution in [0.3, 0.4) is 0 Å². The molecule has 4 aromatic rings. The average Bonchev–Trinajstić information content (AvgIpc) is 3.36. The van der Waals surface area contributed by atoms with E-state index >= 15 is 0 Å². The first-order chi connectivity index (χ1) is 17.8. The van der Waals surface area contributed by atoms with Crippen LogP contribution in [-0.2, 0) is 6.54 Å². The maximum absolute atomic E-state index is 6.34. The molecule has 3 unspecified atom stereocenters. The molecule has 2 heterocycles. The molecule has 1 aliphatic rings. The zero-order valence-corrected chi connectivity index (χ0v) is 21.0. The smallest absolute Gasteiger partial charge is 0.200 e. The summed E-state index contributed by atoms with van der Waals surface area (Å²) in [6.45, 7) is 3.43. The summed E-state index contributed by atoms with van der Waals surface area (Å²) >= 11 is 0. The number of benzene rings is 3. The Morgan fingerprint density at radius 2 is 1.78 bits per heavy atom. The number of hydrogen-bond acceptors (Lipinski definition) is 6. The maximum atomic E-state index is 6.34. The number of oxazole rings is 1. The predicted molar refractivity (Wildman–Crippen MR) is 144 cm³/mol. The Labute approximate surface area is 213 Å². The Kier molecular flexibility index (Phi) is 7.96. The molecule has 1 saturated heterocycles. The molecule has 6 heteroatoms. The van der Waals surface area contributed by atoms with Gasteiger partial charge >= 0.3 is 0 Å². The number of ether oxygens (including phenoxy) is 1. The summed E-state index contributed by atoms with van der Waals surface area (Å²) in [6.07, 6.45) is 3.10. The van der Waals surface area contributed by atoms with Crippen LogP contribution in [-0.4, -0.2) is 42.7 Å². The van der Waals surface area contributed by atoms with Crippen molar-refractivity contribution in [1.82, 2.24) is 15.2 Å². The van der Waals surface area contributed by atoms with Crippen LogP contribution in [0.25, 0.3) is 11.1 Å². The Bertz CT molecular complexity index is 1210. The lowest BCUT2D eigenvalue weighted by molar-refractivity contribution is 0.0854. The molecule has 188 valence electrons. The highest BCUT2D eigenvalue weighted by Gasteiger charge is 2.41. The molecule has 0 radical (unpaired) electrons. The minimum atomic E-state index is 0.108. The van der Waals surface area contributed by atoms with Crippen molar-refractivity contribution in [1.29, 1.82) is 0 Å². The summed E-state index contributed by atoms with van der Waals surface area (Å²) in [6, 6.07) is 27.4. The van der Waals surface area contributed by atoms with E-state index in [0.29, 0.717) is 6.54 Å². The second-order valence-electron chi connectivity index (χ2n) is 9.52. The maximum Gasteiger partial charge on any atom is 0.200 e. The zero-order chi connectivity index (χ0) is 24.7. The molecule has 5 rings (SSSR count). The molecular formula is C30H36N4O2. The average molecular weight is 485 g/mol. The number of nitrogens with two attached hydrogens (primary N) is 1. The number of piperidine rings is 1. The lowest BCUT2D eigenvalue weighted by Gasteiger charge is -2.45. The highest BCUT2D eigenvalue weighted by Crippen LogP contribution is 2.40. The largest absolute Gasteiger partial charge is 0.496 e. The first-order valence-electron chi connectivity index (χ1n) is 13.0. The SMILES string of the molecule is COc1ccccc1CNC1C(c2nc3ccccc3o2)CCN(CCCCN)C1c1ccccc1. The van der Waals surface area contributed by atoms with Crippen LogP contribution < -0.4 is 15.8 Å². The summed E-state index contributed by atoms with van der Waals surface area (Å²) < 4.78 is 12.0. The molecule has 3 atom stereocenters. The van der Waals surface area contributed by atoms with E-state index in [2.05, 4.69) is 52.7 Å². The molecule has 6 nitrogen and oxygen atoms in total. The highest BCUT2D eigenvalue weighted by molar-refractivity contribution is 5.72. The van der Waals surface area contributed by atoms with Gasteiger partial charge < -0.3 is 20.2 Å². The summed E-state index contributed by atoms with van der Waals surface area (Å²) in [4.78, 5) is 7.55. The van der Waals surface area contributed by atoms with Gasteiger partial charge in [0, 0.05) is 18.2 Å². The lowest BCUT2D eigenvalue weighted by atomic mass is 9.81. The standard InChI is InChI=1S/C30H36N4O2/c1-35-26-15-7-5-13-23(26)21-32-28-24(30-33-25-14-6-8-16-27(25)36-30)17-20-34(19-10-9-18-31)29(28)22-11-3-2-4-12-22/h2-8,11-16,24,28-29,32H,9-10,17-21,31H2,1H3. The van der Waals surface area contributed by atoms with E-state index in [0.717, 1.165) is 67.2 Å². The summed E-state index contributed by atoms with van der Waals surface area (Å²) in [7, 11) is 1.73. The Morgan fingerprint density at radius 1 is 1.00 bits per heavy atom. The van der Waals surface area contributed by atoms with E-state index in [1.807, 2.05) is 36.4 Å². The normalized spacial score (nSPS) is 20.6. The van der Waals surface area contributed by atoms with Crippen molar-refractivity contribution in [3.63, 3.8) is 0 Å². The highest BCUT2D eigenvalue weighted by atomic mass is 16.5. The number of unbranched alkanes of at least 4 members (excludes halogenated alkanes) is 1. The molecule has 1 aromatic heterocycles. The Balaban J connectivity index is 1.52. The van der Waals surface area contributed by atoms with Crippen LogP contribution in [0.15, 0.2) is 83.3 Å². The van der Waals surface area contributed by atoms with Crippen LogP contribution in [0, 0.1) is 0 Å². The van der Waals surface area contributed by atoms with Crippen LogP contribution in [0.2, 0.25) is 0 Å². The number of hydrogen-bond donors (Lipinski definition) is 2. The number of nitrogens with one attached hydrogen (secondary N) is 1. The Hall–Kier alpha value is -3.19. The van der Waals surface area contributed by atoms with Gasteiger partial charge in [-0.05, 0) is 62.7 Å². The number of rotatable bonds is 10. The van der Waals surface area contributed by atoms with Crippen LogP contribution >= 0.6 is 0 Å². The minimum Gasteiger partial charge on any atom is -0.496 e. The minimum absolute atomic E-state index is 0.108. The topological polar surface area (TPSA) is 76.5 Å². The monoisotopic (exact) mass is 484 g/mol. The van der Waals surface area contributed by atoms with Crippen molar-refractivity contribution in [2.45, 2.75) is 43.8 Å². The van der Waals surface area contributed by atoms with Crippen molar-refractivity contribution < 1.29 is 9.15 Å². The van der Waals surface area contributed by atoms with E-state index in [9.17, 15) is 0 Å². The second kappa shape index (κ2) is 11.7. The van der Waals surface area contributed by atoms with Crippen LogP contribution in [0.4, 0.5) is 0 Å². The zero-order valence-electron chi connectivity index (χ0n) is 21.0. The molecular weight excluding hydrogens is 448 g/mol. The number of nitrogens with zero attached hydrogens (tertiary/aromatic N) is 2. The molecule has 1 fully saturated rings. The lowest BCUT2D eigenvalue weighted by Crippen LogP contribution is -2.52. The molecule has 36 heavy (non-hydrogen) atoms. The van der Waals surface area contributed by atoms with Gasteiger partial charge in [-0.25, -0.2) is 4.98 Å². The number of methoxy groups -OCH3 is 1. The third-order valence-corrected chi connectivity index (χ3v) is 7.28. The fourth-order valence-corrected chi connectivity index (χ4v) is 5.51. The van der Waals surface area contributed by atoms with E-state index in [-0.39, 0.29) is 18.0 Å². The second-order valence-corrected chi connectivity index (χ2v) is 9.52. The fourth-order valence-electron chi connectivity index (χ4n) is 5.51. The van der Waals surface area contributed by atoms with Gasteiger partial charge in [0.25, 0.3) is 0 Å². The number of aromatic nitrogens is 1. The van der Waals surface area contributed by atoms with Crippen molar-refractivity contribution in [2.24, 2.45) is 5.73 Å². The van der Waals surface area contributed by atoms with E-state index in [1.165, 1.54) is 5.56 Å². The predicted octanol–water partition coefficient (Wildman–Crippen LogP) is 5.26. The van der Waals surface area contributed by atoms with Gasteiger partial charge in [0.15, 0.2) is 11.5 Å². The summed E-state index contributed by atoms with van der Waals surface area (Å²) in [5.74, 6) is 1.86. The van der Waals surface area contributed by atoms with Crippen molar-refractivity contribution in [3.8, 4) is 5.75 Å². The van der Waals surface area contributed by atoms with Crippen molar-refractivity contribution >= 4 is 11.1 Å². The molecule has 0 bridgehead atoms. The van der Waals surface area contributed by atoms with E-state index in [4.69, 9.17) is 19.9 Å². The first-order valence-corrected chi connectivity index (χ1v) is 13.0. The van der Waals surface area contributed by atoms with Crippen LogP contribution in [0.5, 0.6) is 5.75 Å². The quantitative estimate of drug-likeness (QED) is 0.299. The van der Waals surface area contributed by atoms with Crippen molar-refractivity contribution in [3.05, 3.63) is 95.9 Å². The van der Waals surface area contributed by atoms with Gasteiger partial charge in [0.1, 0.15) is 11.3 Å². The number of para-hydroxylation sites is 3. The third kappa shape index (κ3) is 5.31. The summed E-state index contributed by atoms with van der Waals surface area (Å²) in [5.41, 5.74) is 10.0. The van der Waals surface area contributed by atoms with Gasteiger partial charge in [-0.3, -0.25) is 4.90 Å². The van der Waals surface area contributed by atoms with Gasteiger partial charge in [-0.2, -0.15) is 0 Å². The van der Waals surface area contributed by atoms with Gasteiger partial charge in [-0.15, -0.1) is 0 Å². The Morgan fingerprint density at radius 3 is 2.58 bits per heavy atom.